The Kier molecular flexibility index (Phi) is 10.9. The first-order chi connectivity index (χ1) is 9.97. The summed E-state index contributed by atoms with van der Waals surface area (Å²) in [5, 5.41) is 22.1. The van der Waals surface area contributed by atoms with E-state index in [2.05, 4.69) is 17.6 Å². The molecular formula is C13H24N2O6. The molecule has 0 heterocycles. The minimum atomic E-state index is -1.26. The van der Waals surface area contributed by atoms with Gasteiger partial charge in [-0.1, -0.05) is 13.3 Å². The number of amides is 2. The van der Waals surface area contributed by atoms with Crippen molar-refractivity contribution in [3.8, 4) is 0 Å². The predicted molar refractivity (Wildman–Crippen MR) is 75.2 cm³/mol. The zero-order valence-corrected chi connectivity index (χ0v) is 12.3. The summed E-state index contributed by atoms with van der Waals surface area (Å²) < 4.78 is 5.31. The second-order valence-electron chi connectivity index (χ2n) is 4.54. The lowest BCUT2D eigenvalue weighted by molar-refractivity contribution is -0.140. The van der Waals surface area contributed by atoms with E-state index < -0.39 is 24.0 Å². The Balaban J connectivity index is 3.78. The molecule has 2 amide bonds. The fourth-order valence-corrected chi connectivity index (χ4v) is 1.46. The van der Waals surface area contributed by atoms with Crippen LogP contribution in [-0.2, 0) is 14.3 Å². The van der Waals surface area contributed by atoms with Gasteiger partial charge in [0.05, 0.1) is 0 Å². The standard InChI is InChI=1S/C13H24N2O6/c1-2-3-8-21-9-4-7-14-13(20)15-10(12(18)19)5-6-11(16)17/h10H,2-9H2,1H3,(H,16,17)(H,18,19)(H2,14,15,20)/t10-/m0/s1. The Morgan fingerprint density at radius 2 is 1.81 bits per heavy atom. The number of urea groups is 1. The minimum absolute atomic E-state index is 0.155. The van der Waals surface area contributed by atoms with Crippen molar-refractivity contribution in [2.45, 2.75) is 45.1 Å². The number of carbonyl (C=O) groups excluding carboxylic acids is 1. The van der Waals surface area contributed by atoms with Gasteiger partial charge in [0.25, 0.3) is 0 Å². The summed E-state index contributed by atoms with van der Waals surface area (Å²) in [6.45, 7) is 3.66. The summed E-state index contributed by atoms with van der Waals surface area (Å²) in [6.07, 6.45) is 2.22. The van der Waals surface area contributed by atoms with Crippen molar-refractivity contribution in [3.05, 3.63) is 0 Å². The van der Waals surface area contributed by atoms with Crippen molar-refractivity contribution < 1.29 is 29.3 Å². The lowest BCUT2D eigenvalue weighted by Crippen LogP contribution is -2.46. The molecule has 0 unspecified atom stereocenters. The molecule has 0 rings (SSSR count). The van der Waals surface area contributed by atoms with Crippen molar-refractivity contribution in [2.24, 2.45) is 0 Å². The quantitative estimate of drug-likeness (QED) is 0.395. The first-order valence-corrected chi connectivity index (χ1v) is 7.04. The monoisotopic (exact) mass is 304 g/mol. The van der Waals surface area contributed by atoms with Crippen LogP contribution in [0.25, 0.3) is 0 Å². The average molecular weight is 304 g/mol. The number of carbonyl (C=O) groups is 3. The van der Waals surface area contributed by atoms with E-state index in [4.69, 9.17) is 14.9 Å². The van der Waals surface area contributed by atoms with Crippen LogP contribution in [0.2, 0.25) is 0 Å². The minimum Gasteiger partial charge on any atom is -0.481 e. The van der Waals surface area contributed by atoms with Crippen molar-refractivity contribution >= 4 is 18.0 Å². The summed E-state index contributed by atoms with van der Waals surface area (Å²) in [7, 11) is 0. The van der Waals surface area contributed by atoms with Gasteiger partial charge in [0, 0.05) is 26.2 Å². The molecular weight excluding hydrogens is 280 g/mol. The Hall–Kier alpha value is -1.83. The number of aliphatic carboxylic acids is 2. The Morgan fingerprint density at radius 1 is 1.14 bits per heavy atom. The van der Waals surface area contributed by atoms with Crippen LogP contribution in [0, 0.1) is 0 Å². The molecule has 8 heteroatoms. The average Bonchev–Trinajstić information content (AvgIpc) is 2.41. The largest absolute Gasteiger partial charge is 0.481 e. The predicted octanol–water partition coefficient (Wildman–Crippen LogP) is 0.810. The lowest BCUT2D eigenvalue weighted by Gasteiger charge is -2.14. The van der Waals surface area contributed by atoms with E-state index in [-0.39, 0.29) is 12.8 Å². The summed E-state index contributed by atoms with van der Waals surface area (Å²) in [5.74, 6) is -2.36. The molecule has 0 aromatic heterocycles. The van der Waals surface area contributed by atoms with Gasteiger partial charge in [0.2, 0.25) is 0 Å². The highest BCUT2D eigenvalue weighted by molar-refractivity contribution is 5.82. The molecule has 0 aromatic carbocycles. The maximum atomic E-state index is 11.5. The second kappa shape index (κ2) is 12.0. The maximum absolute atomic E-state index is 11.5. The number of hydrogen-bond acceptors (Lipinski definition) is 4. The SMILES string of the molecule is CCCCOCCCNC(=O)N[C@@H](CCC(=O)O)C(=O)O. The highest BCUT2D eigenvalue weighted by Crippen LogP contribution is 1.98. The van der Waals surface area contributed by atoms with Gasteiger partial charge >= 0.3 is 18.0 Å². The summed E-state index contributed by atoms with van der Waals surface area (Å²) in [5.41, 5.74) is 0. The van der Waals surface area contributed by atoms with Gasteiger partial charge in [0.1, 0.15) is 6.04 Å². The third-order valence-electron chi connectivity index (χ3n) is 2.64. The van der Waals surface area contributed by atoms with E-state index in [1.165, 1.54) is 0 Å². The van der Waals surface area contributed by atoms with Gasteiger partial charge in [-0.05, 0) is 19.3 Å². The van der Waals surface area contributed by atoms with E-state index in [1.54, 1.807) is 0 Å². The summed E-state index contributed by atoms with van der Waals surface area (Å²) >= 11 is 0. The van der Waals surface area contributed by atoms with Gasteiger partial charge in [-0.2, -0.15) is 0 Å². The lowest BCUT2D eigenvalue weighted by atomic mass is 10.1. The van der Waals surface area contributed by atoms with E-state index in [0.29, 0.717) is 26.2 Å². The topological polar surface area (TPSA) is 125 Å². The normalized spacial score (nSPS) is 11.7. The van der Waals surface area contributed by atoms with Crippen LogP contribution in [0.4, 0.5) is 4.79 Å². The van der Waals surface area contributed by atoms with Gasteiger partial charge in [-0.3, -0.25) is 4.79 Å². The van der Waals surface area contributed by atoms with Crippen molar-refractivity contribution in [1.29, 1.82) is 0 Å². The fourth-order valence-electron chi connectivity index (χ4n) is 1.46. The first kappa shape index (κ1) is 19.2. The van der Waals surface area contributed by atoms with Gasteiger partial charge in [-0.25, -0.2) is 9.59 Å². The Bertz CT molecular complexity index is 335. The Labute approximate surface area is 123 Å². The van der Waals surface area contributed by atoms with Crippen LogP contribution in [0.15, 0.2) is 0 Å². The van der Waals surface area contributed by atoms with Crippen LogP contribution >= 0.6 is 0 Å². The van der Waals surface area contributed by atoms with Gasteiger partial charge in [-0.15, -0.1) is 0 Å². The molecule has 122 valence electrons. The number of rotatable bonds is 12. The van der Waals surface area contributed by atoms with E-state index in [0.717, 1.165) is 12.8 Å². The molecule has 0 aliphatic carbocycles. The van der Waals surface area contributed by atoms with Crippen LogP contribution < -0.4 is 10.6 Å². The molecule has 0 radical (unpaired) electrons. The third kappa shape index (κ3) is 11.7. The van der Waals surface area contributed by atoms with E-state index in [1.807, 2.05) is 0 Å². The number of hydrogen-bond donors (Lipinski definition) is 4. The molecule has 0 fully saturated rings. The van der Waals surface area contributed by atoms with Crippen LogP contribution in [-0.4, -0.2) is 54.0 Å². The zero-order valence-electron chi connectivity index (χ0n) is 12.3. The highest BCUT2D eigenvalue weighted by Gasteiger charge is 2.20. The molecule has 0 aliphatic heterocycles. The second-order valence-corrected chi connectivity index (χ2v) is 4.54. The highest BCUT2D eigenvalue weighted by atomic mass is 16.5. The van der Waals surface area contributed by atoms with E-state index >= 15 is 0 Å². The number of carboxylic acids is 2. The molecule has 21 heavy (non-hydrogen) atoms. The molecule has 0 spiro atoms. The van der Waals surface area contributed by atoms with Crippen LogP contribution in [0.3, 0.4) is 0 Å². The van der Waals surface area contributed by atoms with Gasteiger partial charge < -0.3 is 25.6 Å². The van der Waals surface area contributed by atoms with Crippen molar-refractivity contribution in [2.75, 3.05) is 19.8 Å². The number of ether oxygens (including phenoxy) is 1. The van der Waals surface area contributed by atoms with Crippen molar-refractivity contribution in [1.82, 2.24) is 10.6 Å². The molecule has 1 atom stereocenters. The maximum Gasteiger partial charge on any atom is 0.326 e. The molecule has 0 aromatic rings. The molecule has 0 saturated heterocycles. The van der Waals surface area contributed by atoms with Gasteiger partial charge in [0.15, 0.2) is 0 Å². The third-order valence-corrected chi connectivity index (χ3v) is 2.64. The van der Waals surface area contributed by atoms with Crippen molar-refractivity contribution in [3.63, 3.8) is 0 Å². The molecule has 0 bridgehead atoms. The van der Waals surface area contributed by atoms with Crippen LogP contribution in [0.1, 0.15) is 39.0 Å². The number of nitrogens with one attached hydrogen (secondary N) is 2. The summed E-state index contributed by atoms with van der Waals surface area (Å²) in [6, 6.07) is -1.83. The Morgan fingerprint density at radius 3 is 2.38 bits per heavy atom. The fraction of sp³-hybridized carbons (Fsp3) is 0.769. The van der Waals surface area contributed by atoms with Crippen LogP contribution in [0.5, 0.6) is 0 Å². The number of carboxylic acid groups (broad SMARTS) is 2. The summed E-state index contributed by atoms with van der Waals surface area (Å²) in [4.78, 5) is 32.7. The first-order valence-electron chi connectivity index (χ1n) is 7.04. The van der Waals surface area contributed by atoms with E-state index in [9.17, 15) is 14.4 Å². The molecule has 4 N–H and O–H groups in total. The smallest absolute Gasteiger partial charge is 0.326 e. The molecule has 8 nitrogen and oxygen atoms in total. The number of unbranched alkanes of at least 4 members (excludes halogenated alkanes) is 1. The molecule has 0 aliphatic rings. The zero-order chi connectivity index (χ0) is 16.1. The molecule has 0 saturated carbocycles.